The van der Waals surface area contributed by atoms with Crippen LogP contribution in [0.4, 0.5) is 11.8 Å². The smallest absolute Gasteiger partial charge is 0.224 e. The molecule has 1 fully saturated rings. The van der Waals surface area contributed by atoms with Crippen LogP contribution in [0.15, 0.2) is 6.20 Å². The summed E-state index contributed by atoms with van der Waals surface area (Å²) in [6.07, 6.45) is 2.31. The first kappa shape index (κ1) is 12.9. The fourth-order valence-electron chi connectivity index (χ4n) is 2.01. The monoisotopic (exact) mass is 269 g/mol. The second-order valence-corrected chi connectivity index (χ2v) is 4.64. The van der Waals surface area contributed by atoms with Gasteiger partial charge in [-0.15, -0.1) is 0 Å². The molecule has 18 heavy (non-hydrogen) atoms. The molecule has 0 saturated carbocycles. The highest BCUT2D eigenvalue weighted by molar-refractivity contribution is 6.32. The topological polar surface area (TPSA) is 84.1 Å². The van der Waals surface area contributed by atoms with Gasteiger partial charge in [0.2, 0.25) is 11.9 Å². The number of nitrogens with one attached hydrogen (secondary N) is 1. The van der Waals surface area contributed by atoms with Crippen molar-refractivity contribution in [2.75, 3.05) is 29.9 Å². The van der Waals surface area contributed by atoms with Crippen molar-refractivity contribution in [2.45, 2.75) is 13.3 Å². The van der Waals surface area contributed by atoms with Crippen LogP contribution in [0.2, 0.25) is 5.02 Å². The number of anilines is 2. The van der Waals surface area contributed by atoms with Crippen LogP contribution in [0, 0.1) is 5.92 Å². The van der Waals surface area contributed by atoms with E-state index >= 15 is 0 Å². The highest BCUT2D eigenvalue weighted by Gasteiger charge is 2.28. The van der Waals surface area contributed by atoms with Crippen LogP contribution in [-0.2, 0) is 4.79 Å². The molecular formula is C11H16ClN5O. The fourth-order valence-corrected chi connectivity index (χ4v) is 2.22. The number of hydrogen-bond donors (Lipinski definition) is 2. The van der Waals surface area contributed by atoms with Gasteiger partial charge in [0.25, 0.3) is 0 Å². The molecule has 7 heteroatoms. The molecule has 0 spiro atoms. The Morgan fingerprint density at radius 2 is 2.50 bits per heavy atom. The Bertz CT molecular complexity index is 453. The van der Waals surface area contributed by atoms with Gasteiger partial charge in [-0.05, 0) is 13.3 Å². The summed E-state index contributed by atoms with van der Waals surface area (Å²) in [6, 6.07) is 0. The molecule has 0 aromatic carbocycles. The van der Waals surface area contributed by atoms with Crippen molar-refractivity contribution in [2.24, 2.45) is 11.7 Å². The molecular weight excluding hydrogens is 254 g/mol. The number of nitrogens with two attached hydrogens (primary N) is 1. The zero-order valence-electron chi connectivity index (χ0n) is 10.2. The maximum absolute atomic E-state index is 11.2. The number of carbonyl (C=O) groups is 1. The lowest BCUT2D eigenvalue weighted by Gasteiger charge is -2.18. The Morgan fingerprint density at radius 3 is 3.11 bits per heavy atom. The van der Waals surface area contributed by atoms with Gasteiger partial charge in [0.15, 0.2) is 5.82 Å². The number of aromatic nitrogens is 2. The van der Waals surface area contributed by atoms with E-state index in [0.717, 1.165) is 19.5 Å². The predicted octanol–water partition coefficient (Wildman–Crippen LogP) is 0.873. The first-order valence-electron chi connectivity index (χ1n) is 5.92. The van der Waals surface area contributed by atoms with E-state index in [-0.39, 0.29) is 11.8 Å². The Hall–Kier alpha value is -1.56. The van der Waals surface area contributed by atoms with E-state index in [1.807, 2.05) is 11.8 Å². The number of primary amides is 1. The van der Waals surface area contributed by atoms with Gasteiger partial charge >= 0.3 is 0 Å². The summed E-state index contributed by atoms with van der Waals surface area (Å²) in [5.41, 5.74) is 5.31. The molecule has 1 aromatic rings. The minimum absolute atomic E-state index is 0.126. The lowest BCUT2D eigenvalue weighted by atomic mass is 10.1. The standard InChI is InChI=1S/C11H16ClN5O/c1-2-14-11-15-5-8(12)10(16-11)17-4-3-7(6-17)9(13)18/h5,7H,2-4,6H2,1H3,(H2,13,18)(H,14,15,16). The molecule has 0 bridgehead atoms. The van der Waals surface area contributed by atoms with Crippen LogP contribution in [0.25, 0.3) is 0 Å². The van der Waals surface area contributed by atoms with E-state index in [4.69, 9.17) is 17.3 Å². The number of carbonyl (C=O) groups excluding carboxylic acids is 1. The lowest BCUT2D eigenvalue weighted by Crippen LogP contribution is -2.28. The number of rotatable bonds is 4. The first-order chi connectivity index (χ1) is 8.61. The van der Waals surface area contributed by atoms with Crippen molar-refractivity contribution in [1.82, 2.24) is 9.97 Å². The third kappa shape index (κ3) is 2.64. The van der Waals surface area contributed by atoms with Crippen LogP contribution in [0.5, 0.6) is 0 Å². The molecule has 1 atom stereocenters. The van der Waals surface area contributed by atoms with Crippen molar-refractivity contribution >= 4 is 29.3 Å². The average Bonchev–Trinajstić information content (AvgIpc) is 2.81. The van der Waals surface area contributed by atoms with Gasteiger partial charge < -0.3 is 16.0 Å². The van der Waals surface area contributed by atoms with E-state index in [0.29, 0.717) is 23.3 Å². The van der Waals surface area contributed by atoms with Crippen molar-refractivity contribution < 1.29 is 4.79 Å². The van der Waals surface area contributed by atoms with Crippen molar-refractivity contribution in [3.63, 3.8) is 0 Å². The van der Waals surface area contributed by atoms with E-state index < -0.39 is 0 Å². The maximum Gasteiger partial charge on any atom is 0.224 e. The molecule has 6 nitrogen and oxygen atoms in total. The van der Waals surface area contributed by atoms with E-state index in [9.17, 15) is 4.79 Å². The molecule has 1 aromatic heterocycles. The van der Waals surface area contributed by atoms with E-state index in [1.54, 1.807) is 6.20 Å². The summed E-state index contributed by atoms with van der Waals surface area (Å²) in [4.78, 5) is 21.6. The largest absolute Gasteiger partial charge is 0.369 e. The molecule has 3 N–H and O–H groups in total. The molecule has 2 heterocycles. The lowest BCUT2D eigenvalue weighted by molar-refractivity contribution is -0.121. The number of hydrogen-bond acceptors (Lipinski definition) is 5. The first-order valence-corrected chi connectivity index (χ1v) is 6.30. The predicted molar refractivity (Wildman–Crippen MR) is 70.7 cm³/mol. The van der Waals surface area contributed by atoms with Gasteiger partial charge in [-0.1, -0.05) is 11.6 Å². The zero-order chi connectivity index (χ0) is 13.1. The Balaban J connectivity index is 2.18. The van der Waals surface area contributed by atoms with Gasteiger partial charge in [0.05, 0.1) is 12.1 Å². The third-order valence-corrected chi connectivity index (χ3v) is 3.22. The second kappa shape index (κ2) is 5.39. The summed E-state index contributed by atoms with van der Waals surface area (Å²) >= 11 is 6.09. The summed E-state index contributed by atoms with van der Waals surface area (Å²) in [6.45, 7) is 4.01. The van der Waals surface area contributed by atoms with Gasteiger partial charge in [0.1, 0.15) is 5.02 Å². The Morgan fingerprint density at radius 1 is 1.72 bits per heavy atom. The SMILES string of the molecule is CCNc1ncc(Cl)c(N2CCC(C(N)=O)C2)n1. The zero-order valence-corrected chi connectivity index (χ0v) is 10.9. The van der Waals surface area contributed by atoms with E-state index in [2.05, 4.69) is 15.3 Å². The molecule has 2 rings (SSSR count). The molecule has 1 aliphatic rings. The summed E-state index contributed by atoms with van der Waals surface area (Å²) in [5, 5.41) is 3.52. The van der Waals surface area contributed by atoms with Gasteiger partial charge in [-0.2, -0.15) is 4.98 Å². The Labute approximate surface area is 111 Å². The van der Waals surface area contributed by atoms with Gasteiger partial charge in [-0.25, -0.2) is 4.98 Å². The highest BCUT2D eigenvalue weighted by Crippen LogP contribution is 2.28. The highest BCUT2D eigenvalue weighted by atomic mass is 35.5. The van der Waals surface area contributed by atoms with Crippen molar-refractivity contribution in [3.05, 3.63) is 11.2 Å². The summed E-state index contributed by atoms with van der Waals surface area (Å²) in [5.74, 6) is 0.805. The number of nitrogens with zero attached hydrogens (tertiary/aromatic N) is 3. The fraction of sp³-hybridized carbons (Fsp3) is 0.545. The minimum atomic E-state index is -0.269. The van der Waals surface area contributed by atoms with Crippen LogP contribution in [0.1, 0.15) is 13.3 Å². The number of amides is 1. The maximum atomic E-state index is 11.2. The normalized spacial score (nSPS) is 19.0. The molecule has 98 valence electrons. The number of halogens is 1. The van der Waals surface area contributed by atoms with Crippen LogP contribution >= 0.6 is 11.6 Å². The van der Waals surface area contributed by atoms with Crippen molar-refractivity contribution in [3.8, 4) is 0 Å². The molecule has 1 saturated heterocycles. The molecule has 0 radical (unpaired) electrons. The van der Waals surface area contributed by atoms with Gasteiger partial charge in [-0.3, -0.25) is 4.79 Å². The molecule has 1 amide bonds. The van der Waals surface area contributed by atoms with Crippen molar-refractivity contribution in [1.29, 1.82) is 0 Å². The van der Waals surface area contributed by atoms with Crippen LogP contribution in [-0.4, -0.2) is 35.5 Å². The average molecular weight is 270 g/mol. The second-order valence-electron chi connectivity index (χ2n) is 4.23. The molecule has 1 unspecified atom stereocenters. The third-order valence-electron chi connectivity index (χ3n) is 2.95. The molecule has 1 aliphatic heterocycles. The van der Waals surface area contributed by atoms with Crippen LogP contribution < -0.4 is 16.0 Å². The minimum Gasteiger partial charge on any atom is -0.369 e. The molecule has 0 aliphatic carbocycles. The summed E-state index contributed by atoms with van der Waals surface area (Å²) in [7, 11) is 0. The van der Waals surface area contributed by atoms with Crippen LogP contribution in [0.3, 0.4) is 0 Å². The van der Waals surface area contributed by atoms with E-state index in [1.165, 1.54) is 0 Å². The summed E-state index contributed by atoms with van der Waals surface area (Å²) < 4.78 is 0. The Kier molecular flexibility index (Phi) is 3.86. The van der Waals surface area contributed by atoms with Gasteiger partial charge in [0, 0.05) is 19.6 Å². The quantitative estimate of drug-likeness (QED) is 0.847.